The fourth-order valence-corrected chi connectivity index (χ4v) is 4.67. The van der Waals surface area contributed by atoms with Gasteiger partial charge in [0, 0.05) is 5.41 Å². The Morgan fingerprint density at radius 2 is 2.22 bits per heavy atom. The maximum absolute atomic E-state index is 11.7. The highest BCUT2D eigenvalue weighted by Crippen LogP contribution is 2.67. The normalized spacial score (nSPS) is 40.5. The van der Waals surface area contributed by atoms with Crippen molar-refractivity contribution in [2.75, 3.05) is 5.75 Å². The zero-order chi connectivity index (χ0) is 13.6. The molecule has 0 aromatic rings. The van der Waals surface area contributed by atoms with E-state index in [9.17, 15) is 4.79 Å². The maximum atomic E-state index is 11.7. The molecule has 3 nitrogen and oxygen atoms in total. The number of ether oxygens (including phenoxy) is 1. The van der Waals surface area contributed by atoms with Crippen LogP contribution in [0.5, 0.6) is 0 Å². The highest BCUT2D eigenvalue weighted by atomic mass is 35.5. The minimum Gasteiger partial charge on any atom is -0.460 e. The van der Waals surface area contributed by atoms with Gasteiger partial charge in [0.15, 0.2) is 0 Å². The van der Waals surface area contributed by atoms with Crippen LogP contribution in [0.4, 0.5) is 0 Å². The molecular weight excluding hydrogens is 270 g/mol. The second-order valence-corrected chi connectivity index (χ2v) is 7.28. The van der Waals surface area contributed by atoms with E-state index in [1.807, 2.05) is 5.40 Å². The van der Waals surface area contributed by atoms with E-state index >= 15 is 0 Å². The van der Waals surface area contributed by atoms with E-state index in [-0.39, 0.29) is 34.0 Å². The Morgan fingerprint density at radius 1 is 1.56 bits per heavy atom. The molecule has 0 aromatic heterocycles. The highest BCUT2D eigenvalue weighted by molar-refractivity contribution is 8.04. The van der Waals surface area contributed by atoms with E-state index in [1.165, 1.54) is 0 Å². The van der Waals surface area contributed by atoms with Crippen LogP contribution in [0.15, 0.2) is 0 Å². The average Bonchev–Trinajstić information content (AvgIpc) is 2.60. The Hall–Kier alpha value is -0.400. The lowest BCUT2D eigenvalue weighted by Crippen LogP contribution is -2.41. The standard InChI is InChI=1S/C13H18ClNO2S/c1-12(2)8-4-5-13(12,3)11(10(8)14)17-9(16)6-18-7-15/h8,10-11H,4-6H2,1-3H3. The van der Waals surface area contributed by atoms with Crippen molar-refractivity contribution in [1.29, 1.82) is 5.26 Å². The number of nitrogens with zero attached hydrogens (tertiary/aromatic N) is 1. The van der Waals surface area contributed by atoms with E-state index in [1.54, 1.807) is 0 Å². The number of esters is 1. The van der Waals surface area contributed by atoms with Gasteiger partial charge >= 0.3 is 5.97 Å². The molecule has 2 aliphatic carbocycles. The molecule has 2 saturated carbocycles. The lowest BCUT2D eigenvalue weighted by atomic mass is 9.70. The molecule has 0 aromatic carbocycles. The summed E-state index contributed by atoms with van der Waals surface area (Å²) in [6, 6.07) is 0. The van der Waals surface area contributed by atoms with E-state index in [0.717, 1.165) is 24.6 Å². The topological polar surface area (TPSA) is 50.1 Å². The Labute approximate surface area is 117 Å². The van der Waals surface area contributed by atoms with Crippen molar-refractivity contribution in [2.45, 2.75) is 45.1 Å². The third-order valence-corrected chi connectivity index (χ3v) is 6.23. The first-order chi connectivity index (χ1) is 8.34. The molecule has 4 unspecified atom stereocenters. The second kappa shape index (κ2) is 4.61. The highest BCUT2D eigenvalue weighted by Gasteiger charge is 2.67. The lowest BCUT2D eigenvalue weighted by molar-refractivity contribution is -0.153. The number of carbonyl (C=O) groups excluding carboxylic acids is 1. The zero-order valence-electron chi connectivity index (χ0n) is 10.9. The molecule has 0 N–H and O–H groups in total. The van der Waals surface area contributed by atoms with Gasteiger partial charge in [0.1, 0.15) is 17.3 Å². The largest absolute Gasteiger partial charge is 0.460 e. The number of thiocyanates is 1. The molecule has 18 heavy (non-hydrogen) atoms. The third kappa shape index (κ3) is 1.83. The summed E-state index contributed by atoms with van der Waals surface area (Å²) in [4.78, 5) is 11.7. The van der Waals surface area contributed by atoms with Crippen LogP contribution in [0.3, 0.4) is 0 Å². The van der Waals surface area contributed by atoms with E-state index < -0.39 is 0 Å². The molecule has 5 heteroatoms. The number of nitriles is 1. The van der Waals surface area contributed by atoms with Crippen LogP contribution in [0.25, 0.3) is 0 Å². The molecule has 2 aliphatic rings. The summed E-state index contributed by atoms with van der Waals surface area (Å²) >= 11 is 7.39. The fourth-order valence-electron chi connectivity index (χ4n) is 3.65. The Bertz CT molecular complexity index is 406. The first kappa shape index (κ1) is 14.0. The molecule has 0 amide bonds. The van der Waals surface area contributed by atoms with Crippen molar-refractivity contribution >= 4 is 29.3 Å². The number of hydrogen-bond acceptors (Lipinski definition) is 4. The molecule has 0 spiro atoms. The molecule has 4 atom stereocenters. The zero-order valence-corrected chi connectivity index (χ0v) is 12.5. The number of alkyl halides is 1. The number of carbonyl (C=O) groups is 1. The number of rotatable bonds is 3. The van der Waals surface area contributed by atoms with Crippen molar-refractivity contribution in [3.63, 3.8) is 0 Å². The Morgan fingerprint density at radius 3 is 2.72 bits per heavy atom. The second-order valence-electron chi connectivity index (χ2n) is 6.02. The molecule has 0 aliphatic heterocycles. The summed E-state index contributed by atoms with van der Waals surface area (Å²) in [5.74, 6) is 0.157. The number of hydrogen-bond donors (Lipinski definition) is 0. The number of thioether (sulfide) groups is 1. The molecule has 0 saturated heterocycles. The van der Waals surface area contributed by atoms with Crippen LogP contribution >= 0.6 is 23.4 Å². The SMILES string of the molecule is CC1(C)C2CCC1(C)C(OC(=O)CSC#N)C2Cl. The van der Waals surface area contributed by atoms with Crippen LogP contribution < -0.4 is 0 Å². The summed E-state index contributed by atoms with van der Waals surface area (Å²) in [6.07, 6.45) is 1.94. The first-order valence-corrected chi connectivity index (χ1v) is 7.61. The quantitative estimate of drug-likeness (QED) is 0.454. The number of fused-ring (bicyclic) bond motifs is 2. The van der Waals surface area contributed by atoms with Gasteiger partial charge in [-0.2, -0.15) is 5.26 Å². The minimum absolute atomic E-state index is 0.0446. The predicted octanol–water partition coefficient (Wildman–Crippen LogP) is 3.18. The van der Waals surface area contributed by atoms with Crippen molar-refractivity contribution in [2.24, 2.45) is 16.7 Å². The van der Waals surface area contributed by atoms with Gasteiger partial charge < -0.3 is 4.74 Å². The van der Waals surface area contributed by atoms with Crippen LogP contribution in [-0.2, 0) is 9.53 Å². The average molecular weight is 288 g/mol. The lowest BCUT2D eigenvalue weighted by Gasteiger charge is -2.38. The van der Waals surface area contributed by atoms with Crippen molar-refractivity contribution in [3.05, 3.63) is 0 Å². The summed E-state index contributed by atoms with van der Waals surface area (Å²) in [5.41, 5.74) is 0.0593. The summed E-state index contributed by atoms with van der Waals surface area (Å²) in [5, 5.41) is 10.2. The van der Waals surface area contributed by atoms with Gasteiger partial charge in [-0.1, -0.05) is 20.8 Å². The van der Waals surface area contributed by atoms with E-state index in [2.05, 4.69) is 20.8 Å². The van der Waals surface area contributed by atoms with E-state index in [4.69, 9.17) is 21.6 Å². The first-order valence-electron chi connectivity index (χ1n) is 6.19. The summed E-state index contributed by atoms with van der Waals surface area (Å²) in [6.45, 7) is 6.61. The third-order valence-electron chi connectivity index (χ3n) is 5.19. The fraction of sp³-hybridized carbons (Fsp3) is 0.846. The maximum Gasteiger partial charge on any atom is 0.317 e. The van der Waals surface area contributed by atoms with Crippen molar-refractivity contribution in [1.82, 2.24) is 0 Å². The minimum atomic E-state index is -0.332. The van der Waals surface area contributed by atoms with Gasteiger partial charge in [-0.25, -0.2) is 0 Å². The smallest absolute Gasteiger partial charge is 0.317 e. The number of halogens is 1. The van der Waals surface area contributed by atoms with Crippen LogP contribution in [0.1, 0.15) is 33.6 Å². The molecule has 2 bridgehead atoms. The van der Waals surface area contributed by atoms with Crippen LogP contribution in [-0.4, -0.2) is 23.2 Å². The van der Waals surface area contributed by atoms with Gasteiger partial charge in [-0.05, 0) is 35.9 Å². The van der Waals surface area contributed by atoms with E-state index in [0.29, 0.717) is 5.92 Å². The van der Waals surface area contributed by atoms with Crippen LogP contribution in [0, 0.1) is 27.4 Å². The molecule has 100 valence electrons. The van der Waals surface area contributed by atoms with Crippen molar-refractivity contribution in [3.8, 4) is 5.40 Å². The molecule has 2 fully saturated rings. The molecular formula is C13H18ClNO2S. The van der Waals surface area contributed by atoms with Crippen molar-refractivity contribution < 1.29 is 9.53 Å². The van der Waals surface area contributed by atoms with Gasteiger partial charge in [-0.3, -0.25) is 4.79 Å². The van der Waals surface area contributed by atoms with Gasteiger partial charge in [0.05, 0.1) is 5.38 Å². The Kier molecular flexibility index (Phi) is 3.59. The van der Waals surface area contributed by atoms with Gasteiger partial charge in [-0.15, -0.1) is 11.6 Å². The molecule has 2 rings (SSSR count). The molecule has 0 radical (unpaired) electrons. The Balaban J connectivity index is 2.11. The predicted molar refractivity (Wildman–Crippen MR) is 72.2 cm³/mol. The summed E-state index contributed by atoms with van der Waals surface area (Å²) in [7, 11) is 0. The van der Waals surface area contributed by atoms with Crippen LogP contribution in [0.2, 0.25) is 0 Å². The van der Waals surface area contributed by atoms with Gasteiger partial charge in [0.25, 0.3) is 0 Å². The molecule has 0 heterocycles. The monoisotopic (exact) mass is 287 g/mol. The van der Waals surface area contributed by atoms with Gasteiger partial charge in [0.2, 0.25) is 0 Å². The summed E-state index contributed by atoms with van der Waals surface area (Å²) < 4.78 is 5.56.